The Balaban J connectivity index is 2.28. The van der Waals surface area contributed by atoms with Crippen molar-refractivity contribution >= 4 is 27.5 Å². The molecular weight excluding hydrogens is 296 g/mol. The van der Waals surface area contributed by atoms with Crippen molar-refractivity contribution in [2.24, 2.45) is 0 Å². The molecule has 1 fully saturated rings. The van der Waals surface area contributed by atoms with Crippen LogP contribution in [0.2, 0.25) is 0 Å². The van der Waals surface area contributed by atoms with E-state index in [1.165, 1.54) is 0 Å². The van der Waals surface area contributed by atoms with E-state index in [2.05, 4.69) is 32.2 Å². The topological polar surface area (TPSA) is 52.6 Å². The SMILES string of the molecule is Cc1cc(N2CCNC(=O)C2CCO)ccc1Br. The van der Waals surface area contributed by atoms with E-state index in [0.29, 0.717) is 13.0 Å². The largest absolute Gasteiger partial charge is 0.396 e. The number of rotatable bonds is 3. The van der Waals surface area contributed by atoms with Gasteiger partial charge in [-0.15, -0.1) is 0 Å². The molecule has 2 N–H and O–H groups in total. The summed E-state index contributed by atoms with van der Waals surface area (Å²) >= 11 is 3.47. The second kappa shape index (κ2) is 5.71. The van der Waals surface area contributed by atoms with Gasteiger partial charge in [-0.25, -0.2) is 0 Å². The number of aliphatic hydroxyl groups excluding tert-OH is 1. The van der Waals surface area contributed by atoms with E-state index in [1.54, 1.807) is 0 Å². The van der Waals surface area contributed by atoms with Crippen molar-refractivity contribution in [2.45, 2.75) is 19.4 Å². The zero-order chi connectivity index (χ0) is 13.1. The first kappa shape index (κ1) is 13.4. The van der Waals surface area contributed by atoms with Crippen LogP contribution in [0.5, 0.6) is 0 Å². The van der Waals surface area contributed by atoms with Gasteiger partial charge in [0.15, 0.2) is 0 Å². The minimum absolute atomic E-state index is 0.00382. The summed E-state index contributed by atoms with van der Waals surface area (Å²) in [5.41, 5.74) is 2.17. The molecule has 1 unspecified atom stereocenters. The summed E-state index contributed by atoms with van der Waals surface area (Å²) in [6, 6.07) is 5.78. The quantitative estimate of drug-likeness (QED) is 0.888. The molecule has 5 heteroatoms. The van der Waals surface area contributed by atoms with Crippen molar-refractivity contribution in [1.29, 1.82) is 0 Å². The molecule has 1 heterocycles. The van der Waals surface area contributed by atoms with Gasteiger partial charge < -0.3 is 15.3 Å². The Bertz CT molecular complexity index is 451. The van der Waals surface area contributed by atoms with E-state index in [-0.39, 0.29) is 18.6 Å². The van der Waals surface area contributed by atoms with E-state index >= 15 is 0 Å². The smallest absolute Gasteiger partial charge is 0.242 e. The molecule has 1 aliphatic rings. The van der Waals surface area contributed by atoms with Crippen LogP contribution >= 0.6 is 15.9 Å². The zero-order valence-corrected chi connectivity index (χ0v) is 11.9. The minimum Gasteiger partial charge on any atom is -0.396 e. The second-order valence-corrected chi connectivity index (χ2v) is 5.30. The van der Waals surface area contributed by atoms with Crippen LogP contribution in [-0.2, 0) is 4.79 Å². The molecule has 1 saturated heterocycles. The van der Waals surface area contributed by atoms with Gasteiger partial charge in [0.2, 0.25) is 5.91 Å². The summed E-state index contributed by atoms with van der Waals surface area (Å²) in [5, 5.41) is 11.9. The van der Waals surface area contributed by atoms with Crippen molar-refractivity contribution in [2.75, 3.05) is 24.6 Å². The maximum Gasteiger partial charge on any atom is 0.242 e. The summed E-state index contributed by atoms with van der Waals surface area (Å²) in [6.45, 7) is 3.47. The average molecular weight is 313 g/mol. The highest BCUT2D eigenvalue weighted by Gasteiger charge is 2.29. The fraction of sp³-hybridized carbons (Fsp3) is 0.462. The Hall–Kier alpha value is -1.07. The second-order valence-electron chi connectivity index (χ2n) is 4.45. The molecule has 1 aromatic carbocycles. The van der Waals surface area contributed by atoms with Gasteiger partial charge in [-0.1, -0.05) is 15.9 Å². The molecule has 1 aromatic rings. The minimum atomic E-state index is -0.274. The van der Waals surface area contributed by atoms with Gasteiger partial charge in [-0.3, -0.25) is 4.79 Å². The maximum atomic E-state index is 11.8. The van der Waals surface area contributed by atoms with Crippen LogP contribution in [0.3, 0.4) is 0 Å². The molecule has 0 aliphatic carbocycles. The summed E-state index contributed by atoms with van der Waals surface area (Å²) in [6.07, 6.45) is 0.459. The number of carbonyl (C=O) groups excluding carboxylic acids is 1. The molecule has 0 saturated carbocycles. The predicted octanol–water partition coefficient (Wildman–Crippen LogP) is 1.44. The third-order valence-corrected chi connectivity index (χ3v) is 4.10. The first-order valence-corrected chi connectivity index (χ1v) is 6.84. The molecule has 0 radical (unpaired) electrons. The molecule has 0 aromatic heterocycles. The highest BCUT2D eigenvalue weighted by atomic mass is 79.9. The number of amides is 1. The lowest BCUT2D eigenvalue weighted by Crippen LogP contribution is -2.55. The van der Waals surface area contributed by atoms with Gasteiger partial charge in [-0.05, 0) is 37.1 Å². The lowest BCUT2D eigenvalue weighted by atomic mass is 10.1. The Morgan fingerprint density at radius 3 is 3.00 bits per heavy atom. The molecule has 0 spiro atoms. The number of halogens is 1. The van der Waals surface area contributed by atoms with Crippen LogP contribution in [0.1, 0.15) is 12.0 Å². The first-order chi connectivity index (χ1) is 8.63. The van der Waals surface area contributed by atoms with Gasteiger partial charge in [0.25, 0.3) is 0 Å². The summed E-state index contributed by atoms with van der Waals surface area (Å²) in [4.78, 5) is 13.9. The maximum absolute atomic E-state index is 11.8. The molecule has 0 bridgehead atoms. The zero-order valence-electron chi connectivity index (χ0n) is 10.3. The number of nitrogens with one attached hydrogen (secondary N) is 1. The Morgan fingerprint density at radius 2 is 2.33 bits per heavy atom. The molecule has 1 aliphatic heterocycles. The fourth-order valence-electron chi connectivity index (χ4n) is 2.24. The van der Waals surface area contributed by atoms with Gasteiger partial charge >= 0.3 is 0 Å². The van der Waals surface area contributed by atoms with E-state index in [0.717, 1.165) is 22.3 Å². The van der Waals surface area contributed by atoms with Crippen molar-refractivity contribution in [3.8, 4) is 0 Å². The van der Waals surface area contributed by atoms with Gasteiger partial charge in [-0.2, -0.15) is 0 Å². The van der Waals surface area contributed by atoms with E-state index in [4.69, 9.17) is 5.11 Å². The molecule has 1 amide bonds. The Morgan fingerprint density at radius 1 is 1.56 bits per heavy atom. The Labute approximate surface area is 115 Å². The first-order valence-electron chi connectivity index (χ1n) is 6.05. The van der Waals surface area contributed by atoms with Crippen LogP contribution in [0.4, 0.5) is 5.69 Å². The molecular formula is C13H17BrN2O2. The van der Waals surface area contributed by atoms with E-state index < -0.39 is 0 Å². The number of piperazine rings is 1. The van der Waals surface area contributed by atoms with Crippen LogP contribution in [0, 0.1) is 6.92 Å². The van der Waals surface area contributed by atoms with Crippen molar-refractivity contribution in [3.05, 3.63) is 28.2 Å². The van der Waals surface area contributed by atoms with Crippen LogP contribution in [0.15, 0.2) is 22.7 Å². The predicted molar refractivity (Wildman–Crippen MR) is 74.7 cm³/mol. The normalized spacial score (nSPS) is 19.8. The average Bonchev–Trinajstić information content (AvgIpc) is 2.35. The number of carbonyl (C=O) groups is 1. The van der Waals surface area contributed by atoms with Crippen molar-refractivity contribution in [1.82, 2.24) is 5.32 Å². The van der Waals surface area contributed by atoms with Crippen LogP contribution < -0.4 is 10.2 Å². The number of nitrogens with zero attached hydrogens (tertiary/aromatic N) is 1. The number of anilines is 1. The van der Waals surface area contributed by atoms with Gasteiger partial charge in [0.1, 0.15) is 6.04 Å². The summed E-state index contributed by atoms with van der Waals surface area (Å²) < 4.78 is 1.06. The fourth-order valence-corrected chi connectivity index (χ4v) is 2.49. The monoisotopic (exact) mass is 312 g/mol. The Kier molecular flexibility index (Phi) is 4.24. The number of hydrogen-bond acceptors (Lipinski definition) is 3. The third-order valence-electron chi connectivity index (χ3n) is 3.21. The van der Waals surface area contributed by atoms with E-state index in [1.807, 2.05) is 19.1 Å². The molecule has 2 rings (SSSR count). The highest BCUT2D eigenvalue weighted by Crippen LogP contribution is 2.25. The van der Waals surface area contributed by atoms with Crippen molar-refractivity contribution in [3.63, 3.8) is 0 Å². The summed E-state index contributed by atoms with van der Waals surface area (Å²) in [5.74, 6) is -0.00382. The standard InChI is InChI=1S/C13H17BrN2O2/c1-9-8-10(2-3-11(9)14)16-6-5-15-13(18)12(16)4-7-17/h2-3,8,12,17H,4-7H2,1H3,(H,15,18). The molecule has 18 heavy (non-hydrogen) atoms. The van der Waals surface area contributed by atoms with Gasteiger partial charge in [0.05, 0.1) is 0 Å². The van der Waals surface area contributed by atoms with E-state index in [9.17, 15) is 4.79 Å². The van der Waals surface area contributed by atoms with Crippen LogP contribution in [0.25, 0.3) is 0 Å². The van der Waals surface area contributed by atoms with Crippen LogP contribution in [-0.4, -0.2) is 36.8 Å². The number of hydrogen-bond donors (Lipinski definition) is 2. The molecule has 98 valence electrons. The lowest BCUT2D eigenvalue weighted by molar-refractivity contribution is -0.123. The highest BCUT2D eigenvalue weighted by molar-refractivity contribution is 9.10. The molecule has 4 nitrogen and oxygen atoms in total. The summed E-state index contributed by atoms with van der Waals surface area (Å²) in [7, 11) is 0. The number of aryl methyl sites for hydroxylation is 1. The number of aliphatic hydroxyl groups is 1. The van der Waals surface area contributed by atoms with Gasteiger partial charge in [0, 0.05) is 29.9 Å². The molecule has 1 atom stereocenters. The third kappa shape index (κ3) is 2.67. The lowest BCUT2D eigenvalue weighted by Gasteiger charge is -2.36. The van der Waals surface area contributed by atoms with Crippen molar-refractivity contribution < 1.29 is 9.90 Å². The number of benzene rings is 1.